The van der Waals surface area contributed by atoms with Gasteiger partial charge in [-0.15, -0.1) is 12.4 Å². The van der Waals surface area contributed by atoms with Gasteiger partial charge in [0, 0.05) is 19.1 Å². The van der Waals surface area contributed by atoms with Gasteiger partial charge in [0.25, 0.3) is 5.91 Å². The Morgan fingerprint density at radius 2 is 2.22 bits per heavy atom. The number of aryl methyl sites for hydroxylation is 2. The zero-order valence-electron chi connectivity index (χ0n) is 11.0. The van der Waals surface area contributed by atoms with E-state index in [1.807, 2.05) is 18.9 Å². The van der Waals surface area contributed by atoms with Crippen LogP contribution >= 0.6 is 12.4 Å². The van der Waals surface area contributed by atoms with Gasteiger partial charge in [0.05, 0.1) is 5.69 Å². The standard InChI is InChI=1S/C12H19N3O2.ClH/c1-8-11(9(2)17-14-8)12(16)15-6-4-5-10(7-15)13-3;/h10,13H,4-7H2,1-3H3;1H. The molecule has 0 saturated carbocycles. The van der Waals surface area contributed by atoms with Crippen LogP contribution in [-0.4, -0.2) is 42.1 Å². The smallest absolute Gasteiger partial charge is 0.259 e. The first-order chi connectivity index (χ1) is 8.13. The molecule has 2 heterocycles. The lowest BCUT2D eigenvalue weighted by molar-refractivity contribution is 0.0696. The zero-order chi connectivity index (χ0) is 12.4. The number of likely N-dealkylation sites (N-methyl/N-ethyl adjacent to an activating group) is 1. The number of nitrogens with one attached hydrogen (secondary N) is 1. The molecule has 1 atom stereocenters. The molecule has 5 nitrogen and oxygen atoms in total. The number of carbonyl (C=O) groups is 1. The van der Waals surface area contributed by atoms with Crippen molar-refractivity contribution in [1.82, 2.24) is 15.4 Å². The van der Waals surface area contributed by atoms with Gasteiger partial charge in [-0.25, -0.2) is 0 Å². The molecule has 1 aliphatic heterocycles. The van der Waals surface area contributed by atoms with Gasteiger partial charge in [0.15, 0.2) is 0 Å². The van der Waals surface area contributed by atoms with E-state index in [0.717, 1.165) is 25.9 Å². The molecule has 0 aromatic carbocycles. The van der Waals surface area contributed by atoms with Crippen LogP contribution in [0, 0.1) is 13.8 Å². The molecule has 0 bridgehead atoms. The van der Waals surface area contributed by atoms with Crippen LogP contribution in [-0.2, 0) is 0 Å². The Morgan fingerprint density at radius 1 is 1.50 bits per heavy atom. The Balaban J connectivity index is 0.00000162. The summed E-state index contributed by atoms with van der Waals surface area (Å²) >= 11 is 0. The van der Waals surface area contributed by atoms with Gasteiger partial charge in [-0.1, -0.05) is 5.16 Å². The van der Waals surface area contributed by atoms with Crippen LogP contribution in [0.3, 0.4) is 0 Å². The Labute approximate surface area is 113 Å². The number of nitrogens with zero attached hydrogens (tertiary/aromatic N) is 2. The van der Waals surface area contributed by atoms with Crippen LogP contribution in [0.4, 0.5) is 0 Å². The summed E-state index contributed by atoms with van der Waals surface area (Å²) in [6.07, 6.45) is 2.17. The second-order valence-corrected chi connectivity index (χ2v) is 4.58. The minimum atomic E-state index is 0. The molecule has 0 radical (unpaired) electrons. The molecule has 102 valence electrons. The molecule has 1 aromatic rings. The number of amides is 1. The Kier molecular flexibility index (Phi) is 5.16. The average molecular weight is 274 g/mol. The predicted octanol–water partition coefficient (Wildman–Crippen LogP) is 1.54. The number of carbonyl (C=O) groups excluding carboxylic acids is 1. The van der Waals surface area contributed by atoms with Gasteiger partial charge in [-0.2, -0.15) is 0 Å². The van der Waals surface area contributed by atoms with Crippen LogP contribution in [0.15, 0.2) is 4.52 Å². The summed E-state index contributed by atoms with van der Waals surface area (Å²) in [6, 6.07) is 0.396. The highest BCUT2D eigenvalue weighted by atomic mass is 35.5. The van der Waals surface area contributed by atoms with Crippen molar-refractivity contribution in [3.8, 4) is 0 Å². The summed E-state index contributed by atoms with van der Waals surface area (Å²) in [5, 5.41) is 7.06. The van der Waals surface area contributed by atoms with Crippen molar-refractivity contribution in [3.05, 3.63) is 17.0 Å². The lowest BCUT2D eigenvalue weighted by atomic mass is 10.0. The number of halogens is 1. The van der Waals surface area contributed by atoms with Gasteiger partial charge in [0.2, 0.25) is 0 Å². The van der Waals surface area contributed by atoms with Gasteiger partial charge in [0.1, 0.15) is 11.3 Å². The molecule has 0 aliphatic carbocycles. The maximum absolute atomic E-state index is 12.4. The molecule has 6 heteroatoms. The van der Waals surface area contributed by atoms with Crippen molar-refractivity contribution in [1.29, 1.82) is 0 Å². The lowest BCUT2D eigenvalue weighted by Crippen LogP contribution is -2.47. The molecule has 0 spiro atoms. The normalized spacial score (nSPS) is 19.5. The van der Waals surface area contributed by atoms with Crippen LogP contribution < -0.4 is 5.32 Å². The van der Waals surface area contributed by atoms with Crippen molar-refractivity contribution < 1.29 is 9.32 Å². The molecule has 1 amide bonds. The van der Waals surface area contributed by atoms with Crippen LogP contribution in [0.1, 0.15) is 34.7 Å². The fourth-order valence-corrected chi connectivity index (χ4v) is 2.34. The van der Waals surface area contributed by atoms with Gasteiger partial charge < -0.3 is 14.7 Å². The van der Waals surface area contributed by atoms with Crippen molar-refractivity contribution in [2.45, 2.75) is 32.7 Å². The van der Waals surface area contributed by atoms with Gasteiger partial charge in [-0.05, 0) is 33.7 Å². The Hall–Kier alpha value is -1.07. The van der Waals surface area contributed by atoms with E-state index >= 15 is 0 Å². The second-order valence-electron chi connectivity index (χ2n) is 4.58. The van der Waals surface area contributed by atoms with Crippen LogP contribution in [0.25, 0.3) is 0 Å². The first-order valence-corrected chi connectivity index (χ1v) is 6.03. The maximum Gasteiger partial charge on any atom is 0.259 e. The van der Waals surface area contributed by atoms with E-state index in [9.17, 15) is 4.79 Å². The third kappa shape index (κ3) is 2.84. The molecule has 1 N–H and O–H groups in total. The lowest BCUT2D eigenvalue weighted by Gasteiger charge is -2.32. The van der Waals surface area contributed by atoms with Crippen LogP contribution in [0.2, 0.25) is 0 Å². The van der Waals surface area contributed by atoms with E-state index in [1.165, 1.54) is 0 Å². The van der Waals surface area contributed by atoms with Gasteiger partial charge in [-0.3, -0.25) is 4.79 Å². The Bertz CT molecular complexity index is 400. The number of hydrogen-bond donors (Lipinski definition) is 1. The predicted molar refractivity (Wildman–Crippen MR) is 71.2 cm³/mol. The fraction of sp³-hybridized carbons (Fsp3) is 0.667. The molecule has 1 fully saturated rings. The minimum absolute atomic E-state index is 0. The van der Waals surface area contributed by atoms with Crippen molar-refractivity contribution in [2.75, 3.05) is 20.1 Å². The minimum Gasteiger partial charge on any atom is -0.361 e. The number of piperidine rings is 1. The summed E-state index contributed by atoms with van der Waals surface area (Å²) in [5.74, 6) is 0.653. The van der Waals surface area contributed by atoms with E-state index < -0.39 is 0 Å². The molecule has 1 unspecified atom stereocenters. The third-order valence-corrected chi connectivity index (χ3v) is 3.36. The average Bonchev–Trinajstić information content (AvgIpc) is 2.68. The topological polar surface area (TPSA) is 58.4 Å². The highest BCUT2D eigenvalue weighted by Gasteiger charge is 2.27. The zero-order valence-corrected chi connectivity index (χ0v) is 11.8. The molecule has 18 heavy (non-hydrogen) atoms. The monoisotopic (exact) mass is 273 g/mol. The summed E-state index contributed by atoms with van der Waals surface area (Å²) in [6.45, 7) is 5.18. The van der Waals surface area contributed by atoms with Crippen LogP contribution in [0.5, 0.6) is 0 Å². The molecule has 2 rings (SSSR count). The van der Waals surface area contributed by atoms with E-state index in [2.05, 4.69) is 10.5 Å². The summed E-state index contributed by atoms with van der Waals surface area (Å²) < 4.78 is 5.05. The fourth-order valence-electron chi connectivity index (χ4n) is 2.34. The molecular formula is C12H20ClN3O2. The SMILES string of the molecule is CNC1CCCN(C(=O)c2c(C)noc2C)C1.Cl. The largest absolute Gasteiger partial charge is 0.361 e. The third-order valence-electron chi connectivity index (χ3n) is 3.36. The summed E-state index contributed by atoms with van der Waals surface area (Å²) in [5.41, 5.74) is 1.31. The van der Waals surface area contributed by atoms with Crippen molar-refractivity contribution in [2.24, 2.45) is 0 Å². The number of aromatic nitrogens is 1. The summed E-state index contributed by atoms with van der Waals surface area (Å²) in [7, 11) is 1.94. The second kappa shape index (κ2) is 6.20. The highest BCUT2D eigenvalue weighted by Crippen LogP contribution is 2.18. The van der Waals surface area contributed by atoms with E-state index in [4.69, 9.17) is 4.52 Å². The summed E-state index contributed by atoms with van der Waals surface area (Å²) in [4.78, 5) is 14.2. The van der Waals surface area contributed by atoms with Crippen molar-refractivity contribution in [3.63, 3.8) is 0 Å². The quantitative estimate of drug-likeness (QED) is 0.888. The van der Waals surface area contributed by atoms with Crippen molar-refractivity contribution >= 4 is 18.3 Å². The van der Waals surface area contributed by atoms with E-state index in [1.54, 1.807) is 6.92 Å². The molecule has 1 aromatic heterocycles. The van der Waals surface area contributed by atoms with E-state index in [0.29, 0.717) is 23.1 Å². The molecular weight excluding hydrogens is 254 g/mol. The number of rotatable bonds is 2. The van der Waals surface area contributed by atoms with E-state index in [-0.39, 0.29) is 18.3 Å². The Morgan fingerprint density at radius 3 is 2.78 bits per heavy atom. The maximum atomic E-state index is 12.4. The molecule has 1 saturated heterocycles. The highest BCUT2D eigenvalue weighted by molar-refractivity contribution is 5.96. The first kappa shape index (κ1) is 15.0. The molecule has 1 aliphatic rings. The number of hydrogen-bond acceptors (Lipinski definition) is 4. The van der Waals surface area contributed by atoms with Gasteiger partial charge >= 0.3 is 0 Å². The number of likely N-dealkylation sites (tertiary alicyclic amines) is 1. The first-order valence-electron chi connectivity index (χ1n) is 6.03.